The molecule has 0 radical (unpaired) electrons. The summed E-state index contributed by atoms with van der Waals surface area (Å²) in [4.78, 5) is 17.8. The summed E-state index contributed by atoms with van der Waals surface area (Å²) in [6.45, 7) is 2.84. The lowest BCUT2D eigenvalue weighted by Crippen LogP contribution is -2.46. The topological polar surface area (TPSA) is 57.3 Å². The van der Waals surface area contributed by atoms with Gasteiger partial charge in [0.05, 0.1) is 11.3 Å². The van der Waals surface area contributed by atoms with Crippen LogP contribution in [0.1, 0.15) is 24.0 Å². The standard InChI is InChI=1S/C19H20F4N4O/c1-12-2-4-16(15(20)10-12)26-18(28)25-14-6-8-27(9-7-14)17-5-3-13(11-24-17)19(21,22)23/h2-5,10-11,14H,6-9H2,1H3,(H2,25,26,28). The largest absolute Gasteiger partial charge is 0.417 e. The van der Waals surface area contributed by atoms with Crippen molar-refractivity contribution in [3.05, 3.63) is 53.5 Å². The van der Waals surface area contributed by atoms with Gasteiger partial charge in [0.2, 0.25) is 0 Å². The zero-order valence-electron chi connectivity index (χ0n) is 15.2. The highest BCUT2D eigenvalue weighted by Gasteiger charge is 2.31. The molecule has 5 nitrogen and oxygen atoms in total. The van der Waals surface area contributed by atoms with Gasteiger partial charge in [0.1, 0.15) is 11.6 Å². The molecule has 1 aromatic carbocycles. The minimum absolute atomic E-state index is 0.106. The first kappa shape index (κ1) is 19.9. The molecule has 0 aliphatic carbocycles. The summed E-state index contributed by atoms with van der Waals surface area (Å²) in [5, 5.41) is 5.29. The van der Waals surface area contributed by atoms with E-state index in [0.717, 1.165) is 17.8 Å². The van der Waals surface area contributed by atoms with Crippen molar-refractivity contribution in [1.29, 1.82) is 0 Å². The van der Waals surface area contributed by atoms with Crippen LogP contribution in [-0.4, -0.2) is 30.1 Å². The third-order valence-corrected chi connectivity index (χ3v) is 4.60. The lowest BCUT2D eigenvalue weighted by Gasteiger charge is -2.33. The zero-order chi connectivity index (χ0) is 20.3. The van der Waals surface area contributed by atoms with Crippen molar-refractivity contribution in [3.8, 4) is 0 Å². The maximum atomic E-state index is 13.8. The van der Waals surface area contributed by atoms with Crippen LogP contribution in [0.5, 0.6) is 0 Å². The maximum Gasteiger partial charge on any atom is 0.417 e. The van der Waals surface area contributed by atoms with Crippen LogP contribution >= 0.6 is 0 Å². The van der Waals surface area contributed by atoms with Crippen molar-refractivity contribution < 1.29 is 22.4 Å². The molecule has 0 unspecified atom stereocenters. The van der Waals surface area contributed by atoms with Crippen molar-refractivity contribution in [2.45, 2.75) is 32.0 Å². The number of carbonyl (C=O) groups excluding carboxylic acids is 1. The molecule has 28 heavy (non-hydrogen) atoms. The Kier molecular flexibility index (Phi) is 5.71. The fourth-order valence-corrected chi connectivity index (χ4v) is 3.06. The van der Waals surface area contributed by atoms with Crippen LogP contribution in [0, 0.1) is 12.7 Å². The Labute approximate surface area is 159 Å². The van der Waals surface area contributed by atoms with Crippen LogP contribution in [0.4, 0.5) is 33.9 Å². The number of aromatic nitrogens is 1. The number of piperidine rings is 1. The van der Waals surface area contributed by atoms with Crippen LogP contribution < -0.4 is 15.5 Å². The molecule has 2 aromatic rings. The SMILES string of the molecule is Cc1ccc(NC(=O)NC2CCN(c3ccc(C(F)(F)F)cn3)CC2)c(F)c1. The second-order valence-corrected chi connectivity index (χ2v) is 6.75. The summed E-state index contributed by atoms with van der Waals surface area (Å²) < 4.78 is 51.6. The number of aryl methyl sites for hydroxylation is 1. The summed E-state index contributed by atoms with van der Waals surface area (Å²) in [6, 6.07) is 6.30. The number of halogens is 4. The van der Waals surface area contributed by atoms with Gasteiger partial charge in [-0.1, -0.05) is 6.07 Å². The quantitative estimate of drug-likeness (QED) is 0.759. The molecule has 1 aliphatic heterocycles. The fraction of sp³-hybridized carbons (Fsp3) is 0.368. The van der Waals surface area contributed by atoms with Gasteiger partial charge < -0.3 is 15.5 Å². The number of rotatable bonds is 3. The van der Waals surface area contributed by atoms with E-state index < -0.39 is 23.6 Å². The number of hydrogen-bond acceptors (Lipinski definition) is 3. The highest BCUT2D eigenvalue weighted by molar-refractivity contribution is 5.89. The van der Waals surface area contributed by atoms with Gasteiger partial charge in [-0.15, -0.1) is 0 Å². The Morgan fingerprint density at radius 1 is 1.18 bits per heavy atom. The molecule has 9 heteroatoms. The van der Waals surface area contributed by atoms with Crippen LogP contribution in [0.3, 0.4) is 0 Å². The van der Waals surface area contributed by atoms with E-state index in [1.54, 1.807) is 13.0 Å². The first-order chi connectivity index (χ1) is 13.2. The van der Waals surface area contributed by atoms with Crippen LogP contribution in [0.25, 0.3) is 0 Å². The predicted octanol–water partition coefficient (Wildman–Crippen LogP) is 4.34. The summed E-state index contributed by atoms with van der Waals surface area (Å²) in [5.74, 6) is -0.0315. The first-order valence-electron chi connectivity index (χ1n) is 8.84. The minimum atomic E-state index is -4.41. The molecule has 2 heterocycles. The molecule has 2 N–H and O–H groups in total. The van der Waals surface area contributed by atoms with Gasteiger partial charge in [-0.05, 0) is 49.6 Å². The van der Waals surface area contributed by atoms with E-state index in [9.17, 15) is 22.4 Å². The number of nitrogens with one attached hydrogen (secondary N) is 2. The van der Waals surface area contributed by atoms with E-state index in [4.69, 9.17) is 0 Å². The highest BCUT2D eigenvalue weighted by atomic mass is 19.4. The molecule has 150 valence electrons. The monoisotopic (exact) mass is 396 g/mol. The number of benzene rings is 1. The van der Waals surface area contributed by atoms with E-state index >= 15 is 0 Å². The van der Waals surface area contributed by atoms with E-state index in [1.807, 2.05) is 4.90 Å². The van der Waals surface area contributed by atoms with Gasteiger partial charge in [0.25, 0.3) is 0 Å². The molecule has 3 rings (SSSR count). The average molecular weight is 396 g/mol. The van der Waals surface area contributed by atoms with Gasteiger partial charge in [-0.2, -0.15) is 13.2 Å². The third kappa shape index (κ3) is 4.90. The number of nitrogens with zero attached hydrogens (tertiary/aromatic N) is 2. The summed E-state index contributed by atoms with van der Waals surface area (Å²) in [6.07, 6.45) is -2.38. The number of alkyl halides is 3. The minimum Gasteiger partial charge on any atom is -0.356 e. The summed E-state index contributed by atoms with van der Waals surface area (Å²) in [7, 11) is 0. The smallest absolute Gasteiger partial charge is 0.356 e. The Morgan fingerprint density at radius 3 is 2.46 bits per heavy atom. The molecular weight excluding hydrogens is 376 g/mol. The molecule has 0 bridgehead atoms. The second kappa shape index (κ2) is 8.04. The van der Waals surface area contributed by atoms with Gasteiger partial charge >= 0.3 is 12.2 Å². The van der Waals surface area contributed by atoms with E-state index in [1.165, 1.54) is 18.2 Å². The third-order valence-electron chi connectivity index (χ3n) is 4.60. The van der Waals surface area contributed by atoms with E-state index in [-0.39, 0.29) is 11.7 Å². The normalized spacial score (nSPS) is 15.4. The van der Waals surface area contributed by atoms with Crippen molar-refractivity contribution in [2.24, 2.45) is 0 Å². The molecular formula is C19H20F4N4O. The van der Waals surface area contributed by atoms with Gasteiger partial charge in [-0.25, -0.2) is 14.2 Å². The Balaban J connectivity index is 1.50. The number of carbonyl (C=O) groups is 1. The zero-order valence-corrected chi connectivity index (χ0v) is 15.2. The van der Waals surface area contributed by atoms with Crippen molar-refractivity contribution in [3.63, 3.8) is 0 Å². The number of urea groups is 1. The number of anilines is 2. The van der Waals surface area contributed by atoms with Crippen molar-refractivity contribution >= 4 is 17.5 Å². The van der Waals surface area contributed by atoms with Crippen LogP contribution in [0.15, 0.2) is 36.5 Å². The molecule has 1 saturated heterocycles. The number of pyridine rings is 1. The highest BCUT2D eigenvalue weighted by Crippen LogP contribution is 2.29. The lowest BCUT2D eigenvalue weighted by atomic mass is 10.1. The Morgan fingerprint density at radius 2 is 1.89 bits per heavy atom. The van der Waals surface area contributed by atoms with Crippen LogP contribution in [0.2, 0.25) is 0 Å². The van der Waals surface area contributed by atoms with Crippen molar-refractivity contribution in [2.75, 3.05) is 23.3 Å². The summed E-state index contributed by atoms with van der Waals surface area (Å²) in [5.41, 5.74) is 0.0787. The summed E-state index contributed by atoms with van der Waals surface area (Å²) >= 11 is 0. The maximum absolute atomic E-state index is 13.8. The molecule has 0 atom stereocenters. The molecule has 0 saturated carbocycles. The van der Waals surface area contributed by atoms with E-state index in [0.29, 0.717) is 31.7 Å². The molecule has 1 fully saturated rings. The second-order valence-electron chi connectivity index (χ2n) is 6.75. The Hall–Kier alpha value is -2.84. The van der Waals surface area contributed by atoms with Gasteiger partial charge in [-0.3, -0.25) is 0 Å². The number of hydrogen-bond donors (Lipinski definition) is 2. The molecule has 1 aliphatic rings. The van der Waals surface area contributed by atoms with Crippen molar-refractivity contribution in [1.82, 2.24) is 10.3 Å². The lowest BCUT2D eigenvalue weighted by molar-refractivity contribution is -0.137. The van der Waals surface area contributed by atoms with Gasteiger partial charge in [0.15, 0.2) is 0 Å². The van der Waals surface area contributed by atoms with E-state index in [2.05, 4.69) is 15.6 Å². The Bertz CT molecular complexity index is 831. The first-order valence-corrected chi connectivity index (χ1v) is 8.84. The predicted molar refractivity (Wildman–Crippen MR) is 97.8 cm³/mol. The molecule has 1 aromatic heterocycles. The van der Waals surface area contributed by atoms with Crippen LogP contribution in [-0.2, 0) is 6.18 Å². The molecule has 2 amide bonds. The number of amides is 2. The molecule has 0 spiro atoms. The fourth-order valence-electron chi connectivity index (χ4n) is 3.06. The average Bonchev–Trinajstić information content (AvgIpc) is 2.64. The van der Waals surface area contributed by atoms with Gasteiger partial charge in [0, 0.05) is 25.3 Å².